The van der Waals surface area contributed by atoms with Crippen LogP contribution in [0.25, 0.3) is 0 Å². The van der Waals surface area contributed by atoms with Gasteiger partial charge in [0.25, 0.3) is 0 Å². The number of pyridine rings is 1. The molecule has 2 rings (SSSR count). The first-order valence-electron chi connectivity index (χ1n) is 5.97. The van der Waals surface area contributed by atoms with Crippen LogP contribution in [-0.2, 0) is 10.9 Å². The Morgan fingerprint density at radius 3 is 2.58 bits per heavy atom. The maximum atomic E-state index is 13.0. The molecule has 1 fully saturated rings. The first kappa shape index (κ1) is 14.2. The molecule has 4 nitrogen and oxygen atoms in total. The highest BCUT2D eigenvalue weighted by Gasteiger charge is 2.47. The monoisotopic (exact) mass is 275 g/mol. The van der Waals surface area contributed by atoms with Crippen LogP contribution in [0.2, 0.25) is 0 Å². The molecule has 1 aromatic heterocycles. The second-order valence-corrected chi connectivity index (χ2v) is 4.68. The molecule has 106 valence electrons. The summed E-state index contributed by atoms with van der Waals surface area (Å²) in [7, 11) is 1.49. The molecule has 1 aromatic rings. The SMILES string of the molecule is COC1(C(NN)c2cnccc2C(F)(F)F)CCC1. The van der Waals surface area contributed by atoms with Crippen LogP contribution in [0.1, 0.15) is 36.4 Å². The predicted octanol–water partition coefficient (Wildman–Crippen LogP) is 2.17. The van der Waals surface area contributed by atoms with Gasteiger partial charge in [0.05, 0.1) is 17.2 Å². The zero-order chi connectivity index (χ0) is 14.1. The van der Waals surface area contributed by atoms with E-state index in [4.69, 9.17) is 10.6 Å². The molecule has 1 heterocycles. The minimum Gasteiger partial charge on any atom is -0.376 e. The van der Waals surface area contributed by atoms with E-state index >= 15 is 0 Å². The highest BCUT2D eigenvalue weighted by Crippen LogP contribution is 2.46. The Labute approximate surface area is 109 Å². The molecule has 1 aliphatic carbocycles. The number of methoxy groups -OCH3 is 1. The number of rotatable bonds is 4. The lowest BCUT2D eigenvalue weighted by Gasteiger charge is -2.46. The Morgan fingerprint density at radius 2 is 2.16 bits per heavy atom. The molecule has 1 aliphatic rings. The van der Waals surface area contributed by atoms with Crippen LogP contribution < -0.4 is 11.3 Å². The quantitative estimate of drug-likeness (QED) is 0.653. The Balaban J connectivity index is 2.44. The molecule has 1 atom stereocenters. The molecular formula is C12H16F3N3O. The van der Waals surface area contributed by atoms with Crippen molar-refractivity contribution in [3.8, 4) is 0 Å². The number of aromatic nitrogens is 1. The lowest BCUT2D eigenvalue weighted by atomic mass is 9.72. The van der Waals surface area contributed by atoms with Crippen molar-refractivity contribution in [3.05, 3.63) is 29.6 Å². The molecule has 0 aliphatic heterocycles. The summed E-state index contributed by atoms with van der Waals surface area (Å²) in [6.07, 6.45) is 0.140. The molecule has 0 radical (unpaired) electrons. The van der Waals surface area contributed by atoms with Gasteiger partial charge in [0.1, 0.15) is 0 Å². The van der Waals surface area contributed by atoms with Crippen LogP contribution in [0.3, 0.4) is 0 Å². The summed E-state index contributed by atoms with van der Waals surface area (Å²) >= 11 is 0. The fourth-order valence-electron chi connectivity index (χ4n) is 2.56. The number of hydrogen-bond donors (Lipinski definition) is 2. The molecule has 7 heteroatoms. The smallest absolute Gasteiger partial charge is 0.376 e. The van der Waals surface area contributed by atoms with Crippen LogP contribution in [-0.4, -0.2) is 17.7 Å². The maximum absolute atomic E-state index is 13.0. The van der Waals surface area contributed by atoms with Gasteiger partial charge in [0.2, 0.25) is 0 Å². The van der Waals surface area contributed by atoms with E-state index in [0.29, 0.717) is 12.8 Å². The first-order chi connectivity index (χ1) is 8.94. The molecule has 1 unspecified atom stereocenters. The predicted molar refractivity (Wildman–Crippen MR) is 62.9 cm³/mol. The fourth-order valence-corrected chi connectivity index (χ4v) is 2.56. The maximum Gasteiger partial charge on any atom is 0.416 e. The van der Waals surface area contributed by atoms with Crippen LogP contribution >= 0.6 is 0 Å². The standard InChI is InChI=1S/C12H16F3N3O/c1-19-11(4-2-5-11)10(18-16)8-7-17-6-3-9(8)12(13,14)15/h3,6-7,10,18H,2,4-5,16H2,1H3. The van der Waals surface area contributed by atoms with E-state index in [1.54, 1.807) is 0 Å². The number of ether oxygens (including phenoxy) is 1. The highest BCUT2D eigenvalue weighted by atomic mass is 19.4. The van der Waals surface area contributed by atoms with Crippen molar-refractivity contribution in [2.24, 2.45) is 5.84 Å². The largest absolute Gasteiger partial charge is 0.416 e. The van der Waals surface area contributed by atoms with E-state index in [2.05, 4.69) is 10.4 Å². The van der Waals surface area contributed by atoms with Crippen molar-refractivity contribution < 1.29 is 17.9 Å². The van der Waals surface area contributed by atoms with Gasteiger partial charge in [-0.05, 0) is 25.3 Å². The van der Waals surface area contributed by atoms with Crippen molar-refractivity contribution in [2.75, 3.05) is 7.11 Å². The number of hydrogen-bond acceptors (Lipinski definition) is 4. The number of nitrogens with one attached hydrogen (secondary N) is 1. The van der Waals surface area contributed by atoms with Crippen LogP contribution in [0.5, 0.6) is 0 Å². The van der Waals surface area contributed by atoms with Gasteiger partial charge in [0, 0.05) is 25.1 Å². The number of halogens is 3. The molecular weight excluding hydrogens is 259 g/mol. The van der Waals surface area contributed by atoms with Gasteiger partial charge >= 0.3 is 6.18 Å². The summed E-state index contributed by atoms with van der Waals surface area (Å²) in [4.78, 5) is 3.78. The second kappa shape index (κ2) is 5.07. The minimum absolute atomic E-state index is 0.0269. The molecule has 1 saturated carbocycles. The van der Waals surface area contributed by atoms with Crippen molar-refractivity contribution in [2.45, 2.75) is 37.1 Å². The number of alkyl halides is 3. The number of nitrogens with zero attached hydrogens (tertiary/aromatic N) is 1. The average Bonchev–Trinajstić information content (AvgIpc) is 2.32. The zero-order valence-electron chi connectivity index (χ0n) is 10.5. The molecule has 0 bridgehead atoms. The molecule has 0 aromatic carbocycles. The molecule has 0 amide bonds. The van der Waals surface area contributed by atoms with Crippen LogP contribution in [0, 0.1) is 0 Å². The van der Waals surface area contributed by atoms with E-state index < -0.39 is 23.4 Å². The Bertz CT molecular complexity index is 441. The van der Waals surface area contributed by atoms with E-state index in [1.165, 1.54) is 13.3 Å². The summed E-state index contributed by atoms with van der Waals surface area (Å²) in [5.74, 6) is 5.46. The summed E-state index contributed by atoms with van der Waals surface area (Å²) < 4.78 is 44.5. The van der Waals surface area contributed by atoms with Crippen LogP contribution in [0.4, 0.5) is 13.2 Å². The molecule has 19 heavy (non-hydrogen) atoms. The van der Waals surface area contributed by atoms with Gasteiger partial charge in [-0.25, -0.2) is 5.43 Å². The van der Waals surface area contributed by atoms with Crippen molar-refractivity contribution >= 4 is 0 Å². The highest BCUT2D eigenvalue weighted by molar-refractivity contribution is 5.32. The van der Waals surface area contributed by atoms with Crippen molar-refractivity contribution in [1.29, 1.82) is 0 Å². The summed E-state index contributed by atoms with van der Waals surface area (Å²) in [5.41, 5.74) is 1.08. The Hall–Kier alpha value is -1.18. The summed E-state index contributed by atoms with van der Waals surface area (Å²) in [6.45, 7) is 0. The van der Waals surface area contributed by atoms with Gasteiger partial charge in [-0.15, -0.1) is 0 Å². The Morgan fingerprint density at radius 1 is 1.47 bits per heavy atom. The zero-order valence-corrected chi connectivity index (χ0v) is 10.5. The van der Waals surface area contributed by atoms with E-state index in [1.807, 2.05) is 0 Å². The van der Waals surface area contributed by atoms with Gasteiger partial charge in [-0.1, -0.05) is 0 Å². The third-order valence-corrected chi connectivity index (χ3v) is 3.77. The van der Waals surface area contributed by atoms with E-state index in [0.717, 1.165) is 18.7 Å². The van der Waals surface area contributed by atoms with E-state index in [-0.39, 0.29) is 5.56 Å². The third kappa shape index (κ3) is 2.45. The summed E-state index contributed by atoms with van der Waals surface area (Å²) in [5, 5.41) is 0. The first-order valence-corrected chi connectivity index (χ1v) is 5.97. The summed E-state index contributed by atoms with van der Waals surface area (Å²) in [6, 6.07) is 0.235. The second-order valence-electron chi connectivity index (χ2n) is 4.68. The molecule has 0 saturated heterocycles. The normalized spacial score (nSPS) is 19.8. The van der Waals surface area contributed by atoms with Crippen molar-refractivity contribution in [1.82, 2.24) is 10.4 Å². The number of hydrazine groups is 1. The minimum atomic E-state index is -4.44. The van der Waals surface area contributed by atoms with E-state index in [9.17, 15) is 13.2 Å². The Kier molecular flexibility index (Phi) is 3.80. The van der Waals surface area contributed by atoms with Gasteiger partial charge in [0.15, 0.2) is 0 Å². The van der Waals surface area contributed by atoms with Gasteiger partial charge in [-0.2, -0.15) is 13.2 Å². The van der Waals surface area contributed by atoms with Crippen LogP contribution in [0.15, 0.2) is 18.5 Å². The average molecular weight is 275 g/mol. The van der Waals surface area contributed by atoms with Crippen molar-refractivity contribution in [3.63, 3.8) is 0 Å². The van der Waals surface area contributed by atoms with Gasteiger partial charge in [-0.3, -0.25) is 10.8 Å². The lowest BCUT2D eigenvalue weighted by molar-refractivity contribution is -0.141. The topological polar surface area (TPSA) is 60.2 Å². The lowest BCUT2D eigenvalue weighted by Crippen LogP contribution is -2.52. The fraction of sp³-hybridized carbons (Fsp3) is 0.583. The number of nitrogens with two attached hydrogens (primary N) is 1. The molecule has 3 N–H and O–H groups in total. The molecule has 0 spiro atoms. The third-order valence-electron chi connectivity index (χ3n) is 3.77. The van der Waals surface area contributed by atoms with Gasteiger partial charge < -0.3 is 4.74 Å².